The van der Waals surface area contributed by atoms with Gasteiger partial charge in [-0.05, 0) is 36.4 Å². The van der Waals surface area contributed by atoms with Crippen molar-refractivity contribution in [2.45, 2.75) is 6.54 Å². The monoisotopic (exact) mass is 384 g/mol. The third-order valence-electron chi connectivity index (χ3n) is 3.90. The molecule has 3 aromatic rings. The van der Waals surface area contributed by atoms with Gasteiger partial charge in [0.2, 0.25) is 5.91 Å². The first-order chi connectivity index (χ1) is 12.8. The Balaban J connectivity index is 1.80. The first kappa shape index (κ1) is 18.6. The van der Waals surface area contributed by atoms with Gasteiger partial charge < -0.3 is 10.2 Å². The van der Waals surface area contributed by atoms with Gasteiger partial charge in [0.25, 0.3) is 11.5 Å². The quantitative estimate of drug-likeness (QED) is 0.748. The molecular formula is C19H17ClN4O3. The average molecular weight is 385 g/mol. The van der Waals surface area contributed by atoms with Crippen LogP contribution in [0.15, 0.2) is 53.6 Å². The summed E-state index contributed by atoms with van der Waals surface area (Å²) in [4.78, 5) is 42.5. The zero-order chi connectivity index (χ0) is 19.6. The van der Waals surface area contributed by atoms with E-state index in [9.17, 15) is 14.4 Å². The molecule has 7 nitrogen and oxygen atoms in total. The number of carbonyl (C=O) groups excluding carboxylic acids is 2. The van der Waals surface area contributed by atoms with Crippen LogP contribution in [0.5, 0.6) is 0 Å². The molecule has 138 valence electrons. The van der Waals surface area contributed by atoms with E-state index in [1.807, 2.05) is 0 Å². The normalized spacial score (nSPS) is 10.6. The summed E-state index contributed by atoms with van der Waals surface area (Å²) < 4.78 is 1.21. The van der Waals surface area contributed by atoms with Crippen LogP contribution in [0.3, 0.4) is 0 Å². The van der Waals surface area contributed by atoms with Crippen LogP contribution in [0.4, 0.5) is 5.69 Å². The van der Waals surface area contributed by atoms with Gasteiger partial charge in [0.1, 0.15) is 6.54 Å². The zero-order valence-electron chi connectivity index (χ0n) is 14.8. The number of amides is 2. The average Bonchev–Trinajstić information content (AvgIpc) is 2.64. The van der Waals surface area contributed by atoms with Crippen molar-refractivity contribution in [2.24, 2.45) is 0 Å². The van der Waals surface area contributed by atoms with Gasteiger partial charge in [-0.3, -0.25) is 19.0 Å². The van der Waals surface area contributed by atoms with Gasteiger partial charge in [-0.2, -0.15) is 0 Å². The summed E-state index contributed by atoms with van der Waals surface area (Å²) in [6.07, 6.45) is 1.32. The summed E-state index contributed by atoms with van der Waals surface area (Å²) in [7, 11) is 3.30. The highest BCUT2D eigenvalue weighted by atomic mass is 35.5. The minimum absolute atomic E-state index is 0.169. The molecule has 27 heavy (non-hydrogen) atoms. The maximum absolute atomic E-state index is 12.5. The van der Waals surface area contributed by atoms with Crippen LogP contribution in [-0.4, -0.2) is 40.4 Å². The molecule has 0 aliphatic rings. The second-order valence-corrected chi connectivity index (χ2v) is 6.60. The van der Waals surface area contributed by atoms with Crippen molar-refractivity contribution in [3.05, 3.63) is 69.7 Å². The van der Waals surface area contributed by atoms with E-state index >= 15 is 0 Å². The number of nitrogens with zero attached hydrogens (tertiary/aromatic N) is 3. The molecule has 0 saturated heterocycles. The maximum atomic E-state index is 12.5. The summed E-state index contributed by atoms with van der Waals surface area (Å²) in [5.74, 6) is -0.576. The second-order valence-electron chi connectivity index (χ2n) is 6.17. The van der Waals surface area contributed by atoms with Gasteiger partial charge in [0, 0.05) is 30.4 Å². The molecule has 0 bridgehead atoms. The molecule has 8 heteroatoms. The highest BCUT2D eigenvalue weighted by Gasteiger charge is 2.11. The molecule has 0 radical (unpaired) electrons. The largest absolute Gasteiger partial charge is 0.345 e. The van der Waals surface area contributed by atoms with Crippen LogP contribution in [-0.2, 0) is 11.3 Å². The summed E-state index contributed by atoms with van der Waals surface area (Å²) in [5, 5.41) is 3.45. The molecule has 0 aliphatic carbocycles. The third-order valence-corrected chi connectivity index (χ3v) is 4.13. The Morgan fingerprint density at radius 1 is 1.19 bits per heavy atom. The third kappa shape index (κ3) is 4.15. The number of halogens is 1. The van der Waals surface area contributed by atoms with Crippen LogP contribution >= 0.6 is 11.6 Å². The van der Waals surface area contributed by atoms with E-state index in [0.29, 0.717) is 27.2 Å². The Morgan fingerprint density at radius 3 is 2.70 bits per heavy atom. The first-order valence-electron chi connectivity index (χ1n) is 8.11. The van der Waals surface area contributed by atoms with Gasteiger partial charge in [-0.25, -0.2) is 4.98 Å². The molecule has 2 aromatic carbocycles. The molecule has 0 spiro atoms. The van der Waals surface area contributed by atoms with Crippen LogP contribution in [0, 0.1) is 0 Å². The van der Waals surface area contributed by atoms with E-state index in [2.05, 4.69) is 10.3 Å². The lowest BCUT2D eigenvalue weighted by atomic mass is 10.2. The van der Waals surface area contributed by atoms with Crippen LogP contribution < -0.4 is 10.9 Å². The molecule has 2 amide bonds. The smallest absolute Gasteiger partial charge is 0.261 e. The predicted molar refractivity (Wildman–Crippen MR) is 104 cm³/mol. The second kappa shape index (κ2) is 7.59. The fourth-order valence-electron chi connectivity index (χ4n) is 2.59. The zero-order valence-corrected chi connectivity index (χ0v) is 15.5. The lowest BCUT2D eigenvalue weighted by molar-refractivity contribution is -0.116. The van der Waals surface area contributed by atoms with E-state index in [-0.39, 0.29) is 18.0 Å². The minimum Gasteiger partial charge on any atom is -0.345 e. The Kier molecular flexibility index (Phi) is 5.23. The lowest BCUT2D eigenvalue weighted by Crippen LogP contribution is -2.28. The molecular weight excluding hydrogens is 368 g/mol. The van der Waals surface area contributed by atoms with Gasteiger partial charge in [-0.15, -0.1) is 0 Å². The lowest BCUT2D eigenvalue weighted by Gasteiger charge is -2.12. The summed E-state index contributed by atoms with van der Waals surface area (Å²) >= 11 is 5.93. The van der Waals surface area contributed by atoms with Crippen molar-refractivity contribution in [2.75, 3.05) is 19.4 Å². The van der Waals surface area contributed by atoms with E-state index in [4.69, 9.17) is 11.6 Å². The Morgan fingerprint density at radius 2 is 1.96 bits per heavy atom. The minimum atomic E-state index is -0.408. The van der Waals surface area contributed by atoms with E-state index in [0.717, 1.165) is 0 Å². The number of anilines is 1. The molecule has 3 rings (SSSR count). The number of fused-ring (bicyclic) bond motifs is 1. The molecule has 0 saturated carbocycles. The summed E-state index contributed by atoms with van der Waals surface area (Å²) in [6.45, 7) is -0.208. The van der Waals surface area contributed by atoms with Crippen molar-refractivity contribution in [1.82, 2.24) is 14.5 Å². The molecule has 0 unspecified atom stereocenters. The molecule has 0 atom stereocenters. The number of hydrogen-bond acceptors (Lipinski definition) is 4. The number of rotatable bonds is 4. The van der Waals surface area contributed by atoms with Crippen molar-refractivity contribution in [3.63, 3.8) is 0 Å². The highest BCUT2D eigenvalue weighted by Crippen LogP contribution is 2.14. The first-order valence-corrected chi connectivity index (χ1v) is 8.49. The molecule has 1 aromatic heterocycles. The Labute approximate surface area is 160 Å². The van der Waals surface area contributed by atoms with Crippen LogP contribution in [0.25, 0.3) is 10.9 Å². The molecule has 0 fully saturated rings. The fourth-order valence-corrected chi connectivity index (χ4v) is 2.76. The number of carbonyl (C=O) groups is 2. The van der Waals surface area contributed by atoms with Crippen LogP contribution in [0.2, 0.25) is 5.02 Å². The maximum Gasteiger partial charge on any atom is 0.261 e. The SMILES string of the molecule is CN(C)C(=O)c1cccc(NC(=O)Cn2cnc3ccc(Cl)cc3c2=O)c1. The molecule has 0 aliphatic heterocycles. The Bertz CT molecular complexity index is 1090. The number of hydrogen-bond donors (Lipinski definition) is 1. The van der Waals surface area contributed by atoms with Crippen molar-refractivity contribution in [3.8, 4) is 0 Å². The van der Waals surface area contributed by atoms with Crippen LogP contribution in [0.1, 0.15) is 10.4 Å². The van der Waals surface area contributed by atoms with E-state index in [1.54, 1.807) is 50.5 Å². The molecule has 1 heterocycles. The summed E-state index contributed by atoms with van der Waals surface area (Å²) in [5.41, 5.74) is 1.08. The van der Waals surface area contributed by atoms with Gasteiger partial charge >= 0.3 is 0 Å². The predicted octanol–water partition coefficient (Wildman–Crippen LogP) is 2.39. The molecule has 1 N–H and O–H groups in total. The standard InChI is InChI=1S/C19H17ClN4O3/c1-23(2)18(26)12-4-3-5-14(8-12)22-17(25)10-24-11-21-16-7-6-13(20)9-15(16)19(24)27/h3-9,11H,10H2,1-2H3,(H,22,25). The number of nitrogens with one attached hydrogen (secondary N) is 1. The van der Waals surface area contributed by atoms with E-state index in [1.165, 1.54) is 21.9 Å². The summed E-state index contributed by atoms with van der Waals surface area (Å²) in [6, 6.07) is 11.4. The number of aromatic nitrogens is 2. The van der Waals surface area contributed by atoms with Crippen molar-refractivity contribution < 1.29 is 9.59 Å². The van der Waals surface area contributed by atoms with Crippen molar-refractivity contribution >= 4 is 40.0 Å². The van der Waals surface area contributed by atoms with E-state index < -0.39 is 5.91 Å². The fraction of sp³-hybridized carbons (Fsp3) is 0.158. The van der Waals surface area contributed by atoms with Crippen molar-refractivity contribution in [1.29, 1.82) is 0 Å². The van der Waals surface area contributed by atoms with Gasteiger partial charge in [0.05, 0.1) is 17.2 Å². The topological polar surface area (TPSA) is 84.3 Å². The van der Waals surface area contributed by atoms with Gasteiger partial charge in [-0.1, -0.05) is 17.7 Å². The van der Waals surface area contributed by atoms with Gasteiger partial charge in [0.15, 0.2) is 0 Å². The number of benzene rings is 2. The Hall–Kier alpha value is -3.19. The highest BCUT2D eigenvalue weighted by molar-refractivity contribution is 6.31.